The van der Waals surface area contributed by atoms with Crippen molar-refractivity contribution in [3.05, 3.63) is 35.9 Å². The van der Waals surface area contributed by atoms with Crippen LogP contribution in [0.1, 0.15) is 31.2 Å². The molecule has 1 aromatic carbocycles. The maximum Gasteiger partial charge on any atom is 0.151 e. The van der Waals surface area contributed by atoms with Gasteiger partial charge in [0, 0.05) is 7.05 Å². The Balaban J connectivity index is 2.28. The van der Waals surface area contributed by atoms with E-state index >= 15 is 0 Å². The minimum Gasteiger partial charge on any atom is -0.365 e. The standard InChI is InChI=1S/C13H16N4/c1-9(2)10-5-4-6-11-13(10)16(3)7-12-14-8-15-17(11)12/h4-6,8-9H,7H2,1-3H3. The van der Waals surface area contributed by atoms with Gasteiger partial charge in [-0.2, -0.15) is 5.10 Å². The van der Waals surface area contributed by atoms with E-state index in [2.05, 4.69) is 54.1 Å². The Labute approximate surface area is 101 Å². The van der Waals surface area contributed by atoms with E-state index in [1.165, 1.54) is 11.3 Å². The van der Waals surface area contributed by atoms with Crippen LogP contribution < -0.4 is 4.90 Å². The monoisotopic (exact) mass is 228 g/mol. The molecule has 2 heterocycles. The average molecular weight is 228 g/mol. The normalized spacial score (nSPS) is 13.8. The summed E-state index contributed by atoms with van der Waals surface area (Å²) in [5.41, 5.74) is 3.78. The van der Waals surface area contributed by atoms with Crippen LogP contribution in [0.3, 0.4) is 0 Å². The summed E-state index contributed by atoms with van der Waals surface area (Å²) in [6, 6.07) is 6.40. The summed E-state index contributed by atoms with van der Waals surface area (Å²) >= 11 is 0. The molecule has 0 N–H and O–H groups in total. The van der Waals surface area contributed by atoms with E-state index < -0.39 is 0 Å². The molecule has 0 bridgehead atoms. The highest BCUT2D eigenvalue weighted by Gasteiger charge is 2.24. The largest absolute Gasteiger partial charge is 0.365 e. The zero-order valence-corrected chi connectivity index (χ0v) is 10.4. The molecule has 4 heteroatoms. The maximum atomic E-state index is 4.31. The molecular formula is C13H16N4. The average Bonchev–Trinajstić information content (AvgIpc) is 2.76. The molecule has 0 saturated heterocycles. The number of aromatic nitrogens is 3. The van der Waals surface area contributed by atoms with Crippen LogP contribution >= 0.6 is 0 Å². The second-order valence-electron chi connectivity index (χ2n) is 4.81. The van der Waals surface area contributed by atoms with Crippen LogP contribution in [0.5, 0.6) is 0 Å². The first-order valence-electron chi connectivity index (χ1n) is 5.92. The molecule has 1 aromatic heterocycles. The Morgan fingerprint density at radius 2 is 2.12 bits per heavy atom. The van der Waals surface area contributed by atoms with E-state index in [0.717, 1.165) is 18.1 Å². The molecule has 0 aliphatic carbocycles. The SMILES string of the molecule is CC(C)c1cccc2c1N(C)Cc1ncnn1-2. The zero-order chi connectivity index (χ0) is 12.0. The molecular weight excluding hydrogens is 212 g/mol. The van der Waals surface area contributed by atoms with Crippen LogP contribution in [0.25, 0.3) is 5.69 Å². The van der Waals surface area contributed by atoms with Gasteiger partial charge in [-0.3, -0.25) is 0 Å². The quantitative estimate of drug-likeness (QED) is 0.751. The van der Waals surface area contributed by atoms with Gasteiger partial charge in [-0.15, -0.1) is 0 Å². The maximum absolute atomic E-state index is 4.31. The summed E-state index contributed by atoms with van der Waals surface area (Å²) in [4.78, 5) is 6.55. The van der Waals surface area contributed by atoms with Gasteiger partial charge in [0.05, 0.1) is 17.9 Å². The lowest BCUT2D eigenvalue weighted by Crippen LogP contribution is -2.27. The molecule has 1 aliphatic rings. The van der Waals surface area contributed by atoms with Crippen molar-refractivity contribution in [2.24, 2.45) is 0 Å². The minimum absolute atomic E-state index is 0.512. The fourth-order valence-corrected chi connectivity index (χ4v) is 2.47. The van der Waals surface area contributed by atoms with Crippen molar-refractivity contribution in [3.8, 4) is 5.69 Å². The number of fused-ring (bicyclic) bond motifs is 3. The highest BCUT2D eigenvalue weighted by Crippen LogP contribution is 2.36. The van der Waals surface area contributed by atoms with Crippen molar-refractivity contribution in [1.82, 2.24) is 14.8 Å². The minimum atomic E-state index is 0.512. The van der Waals surface area contributed by atoms with Gasteiger partial charge in [-0.25, -0.2) is 9.67 Å². The highest BCUT2D eigenvalue weighted by molar-refractivity contribution is 5.69. The summed E-state index contributed by atoms with van der Waals surface area (Å²) in [7, 11) is 2.11. The fraction of sp³-hybridized carbons (Fsp3) is 0.385. The second kappa shape index (κ2) is 3.58. The molecule has 4 nitrogen and oxygen atoms in total. The van der Waals surface area contributed by atoms with Crippen molar-refractivity contribution in [3.63, 3.8) is 0 Å². The van der Waals surface area contributed by atoms with Crippen molar-refractivity contribution in [1.29, 1.82) is 0 Å². The number of para-hydroxylation sites is 1. The van der Waals surface area contributed by atoms with E-state index in [0.29, 0.717) is 5.92 Å². The first kappa shape index (κ1) is 10.3. The number of nitrogens with zero attached hydrogens (tertiary/aromatic N) is 4. The molecule has 2 aromatic rings. The Hall–Kier alpha value is -1.84. The number of rotatable bonds is 1. The van der Waals surface area contributed by atoms with E-state index in [1.807, 2.05) is 4.68 Å². The third kappa shape index (κ3) is 1.44. The van der Waals surface area contributed by atoms with Crippen LogP contribution in [0.15, 0.2) is 24.5 Å². The van der Waals surface area contributed by atoms with Gasteiger partial charge in [0.15, 0.2) is 5.82 Å². The van der Waals surface area contributed by atoms with E-state index in [-0.39, 0.29) is 0 Å². The topological polar surface area (TPSA) is 34.0 Å². The Morgan fingerprint density at radius 1 is 1.29 bits per heavy atom. The van der Waals surface area contributed by atoms with Gasteiger partial charge in [-0.1, -0.05) is 26.0 Å². The van der Waals surface area contributed by atoms with Gasteiger partial charge in [-0.05, 0) is 17.5 Å². The summed E-state index contributed by atoms with van der Waals surface area (Å²) < 4.78 is 1.95. The number of anilines is 1. The van der Waals surface area contributed by atoms with Gasteiger partial charge < -0.3 is 4.90 Å². The second-order valence-corrected chi connectivity index (χ2v) is 4.81. The van der Waals surface area contributed by atoms with E-state index in [9.17, 15) is 0 Å². The predicted molar refractivity (Wildman–Crippen MR) is 67.6 cm³/mol. The van der Waals surface area contributed by atoms with Crippen molar-refractivity contribution in [2.75, 3.05) is 11.9 Å². The lowest BCUT2D eigenvalue weighted by atomic mass is 9.98. The van der Waals surface area contributed by atoms with Gasteiger partial charge in [0.25, 0.3) is 0 Å². The smallest absolute Gasteiger partial charge is 0.151 e. The van der Waals surface area contributed by atoms with Crippen LogP contribution in [0, 0.1) is 0 Å². The lowest BCUT2D eigenvalue weighted by Gasteiger charge is -2.30. The molecule has 0 amide bonds. The van der Waals surface area contributed by atoms with Gasteiger partial charge in [0.2, 0.25) is 0 Å². The Kier molecular flexibility index (Phi) is 2.18. The molecule has 3 rings (SSSR count). The summed E-state index contributed by atoms with van der Waals surface area (Å²) in [5, 5.41) is 4.31. The van der Waals surface area contributed by atoms with Crippen molar-refractivity contribution >= 4 is 5.69 Å². The van der Waals surface area contributed by atoms with Crippen molar-refractivity contribution in [2.45, 2.75) is 26.3 Å². The first-order chi connectivity index (χ1) is 8.18. The molecule has 0 atom stereocenters. The van der Waals surface area contributed by atoms with Gasteiger partial charge >= 0.3 is 0 Å². The molecule has 17 heavy (non-hydrogen) atoms. The summed E-state index contributed by atoms with van der Waals surface area (Å²) in [6.45, 7) is 5.26. The van der Waals surface area contributed by atoms with Crippen LogP contribution in [-0.4, -0.2) is 21.8 Å². The molecule has 0 fully saturated rings. The number of benzene rings is 1. The third-order valence-electron chi connectivity index (χ3n) is 3.27. The Bertz CT molecular complexity index is 556. The molecule has 0 radical (unpaired) electrons. The predicted octanol–water partition coefficient (Wildman–Crippen LogP) is 2.34. The van der Waals surface area contributed by atoms with E-state index in [1.54, 1.807) is 6.33 Å². The van der Waals surface area contributed by atoms with Crippen LogP contribution in [0.2, 0.25) is 0 Å². The van der Waals surface area contributed by atoms with Crippen LogP contribution in [-0.2, 0) is 6.54 Å². The summed E-state index contributed by atoms with van der Waals surface area (Å²) in [6.07, 6.45) is 1.63. The van der Waals surface area contributed by atoms with Gasteiger partial charge in [0.1, 0.15) is 6.33 Å². The number of hydrogen-bond donors (Lipinski definition) is 0. The molecule has 0 spiro atoms. The van der Waals surface area contributed by atoms with Crippen LogP contribution in [0.4, 0.5) is 5.69 Å². The Morgan fingerprint density at radius 3 is 2.88 bits per heavy atom. The summed E-state index contributed by atoms with van der Waals surface area (Å²) in [5.74, 6) is 1.51. The molecule has 88 valence electrons. The zero-order valence-electron chi connectivity index (χ0n) is 10.4. The van der Waals surface area contributed by atoms with Crippen molar-refractivity contribution < 1.29 is 0 Å². The molecule has 0 saturated carbocycles. The molecule has 1 aliphatic heterocycles. The fourth-order valence-electron chi connectivity index (χ4n) is 2.47. The number of hydrogen-bond acceptors (Lipinski definition) is 3. The molecule has 0 unspecified atom stereocenters. The third-order valence-corrected chi connectivity index (χ3v) is 3.27. The highest BCUT2D eigenvalue weighted by atomic mass is 15.4. The lowest BCUT2D eigenvalue weighted by molar-refractivity contribution is 0.713. The first-order valence-corrected chi connectivity index (χ1v) is 5.92. The van der Waals surface area contributed by atoms with E-state index in [4.69, 9.17) is 0 Å².